The normalized spacial score (nSPS) is 20.5. The smallest absolute Gasteiger partial charge is 0.543 e. The zero-order valence-corrected chi connectivity index (χ0v) is 18.8. The fourth-order valence-electron chi connectivity index (χ4n) is 2.85. The van der Waals surface area contributed by atoms with Crippen LogP contribution in [0.5, 0.6) is 0 Å². The van der Waals surface area contributed by atoms with Crippen molar-refractivity contribution in [1.29, 1.82) is 0 Å². The van der Waals surface area contributed by atoms with Crippen molar-refractivity contribution in [3.05, 3.63) is 35.4 Å². The number of fused-ring (bicyclic) bond motifs is 1. The van der Waals surface area contributed by atoms with Gasteiger partial charge in [-0.3, -0.25) is 14.5 Å². The molecule has 0 bridgehead atoms. The molecule has 3 N–H and O–H groups in total. The maximum Gasteiger partial charge on any atom is 1.00 e. The molecular weight excluding hydrogens is 431 g/mol. The minimum atomic E-state index is -1.60. The summed E-state index contributed by atoms with van der Waals surface area (Å²) in [4.78, 5) is 53.0. The van der Waals surface area contributed by atoms with E-state index in [0.29, 0.717) is 0 Å². The molecule has 1 aromatic rings. The number of carbonyl (C=O) groups excluding carboxylic acids is 4. The zero-order valence-electron chi connectivity index (χ0n) is 15.9. The Morgan fingerprint density at radius 1 is 1.47 bits per heavy atom. The van der Waals surface area contributed by atoms with Crippen molar-refractivity contribution in [2.24, 2.45) is 10.9 Å². The van der Waals surface area contributed by atoms with Crippen LogP contribution < -0.4 is 45.7 Å². The molecule has 12 nitrogen and oxygen atoms in total. The van der Waals surface area contributed by atoms with Gasteiger partial charge in [0.1, 0.15) is 25.1 Å². The van der Waals surface area contributed by atoms with Crippen LogP contribution in [0.2, 0.25) is 0 Å². The van der Waals surface area contributed by atoms with E-state index in [1.807, 2.05) is 0 Å². The van der Waals surface area contributed by atoms with Crippen LogP contribution in [-0.4, -0.2) is 65.4 Å². The maximum atomic E-state index is 12.5. The van der Waals surface area contributed by atoms with Gasteiger partial charge in [0.25, 0.3) is 11.8 Å². The molecule has 30 heavy (non-hydrogen) atoms. The molecule has 2 aliphatic heterocycles. The molecule has 3 heterocycles. The quantitative estimate of drug-likeness (QED) is 0.180. The Balaban J connectivity index is 0.00000320. The second-order valence-corrected chi connectivity index (χ2v) is 6.91. The van der Waals surface area contributed by atoms with E-state index < -0.39 is 41.0 Å². The number of oxime groups is 1. The van der Waals surface area contributed by atoms with Crippen molar-refractivity contribution in [3.63, 3.8) is 0 Å². The van der Waals surface area contributed by atoms with Crippen LogP contribution in [0, 0.1) is 0 Å². The minimum Gasteiger partial charge on any atom is -0.543 e. The Bertz CT molecular complexity index is 916. The third-order valence-corrected chi connectivity index (χ3v) is 5.41. The molecule has 0 spiro atoms. The van der Waals surface area contributed by atoms with E-state index in [2.05, 4.69) is 20.0 Å². The minimum absolute atomic E-state index is 0. The first-order valence-corrected chi connectivity index (χ1v) is 9.16. The van der Waals surface area contributed by atoms with Crippen LogP contribution in [0.1, 0.15) is 5.76 Å². The summed E-state index contributed by atoms with van der Waals surface area (Å²) < 4.78 is 9.75. The van der Waals surface area contributed by atoms with E-state index in [0.717, 1.165) is 4.90 Å². The molecule has 1 fully saturated rings. The second kappa shape index (κ2) is 10.0. The molecule has 0 aliphatic carbocycles. The average molecular weight is 446 g/mol. The number of carbonyl (C=O) groups is 4. The Hall–Kier alpha value is -2.48. The molecule has 1 saturated heterocycles. The summed E-state index contributed by atoms with van der Waals surface area (Å²) in [6, 6.07) is 2.04. The van der Waals surface area contributed by atoms with Crippen molar-refractivity contribution < 1.29 is 67.8 Å². The number of β-lactam (4-membered cyclic amide) rings is 1. The van der Waals surface area contributed by atoms with Gasteiger partial charge in [-0.2, -0.15) is 0 Å². The Labute approximate surface area is 196 Å². The van der Waals surface area contributed by atoms with Crippen molar-refractivity contribution in [3.8, 4) is 0 Å². The number of carboxylic acid groups (broad SMARTS) is 1. The molecule has 3 rings (SSSR count). The van der Waals surface area contributed by atoms with Gasteiger partial charge >= 0.3 is 35.7 Å². The number of thioether (sulfide) groups is 1. The fraction of sp³-hybridized carbons (Fsp3) is 0.312. The van der Waals surface area contributed by atoms with Gasteiger partial charge in [0.15, 0.2) is 5.76 Å². The number of nitrogens with zero attached hydrogens (tertiary/aromatic N) is 2. The number of rotatable bonds is 7. The van der Waals surface area contributed by atoms with Gasteiger partial charge in [0, 0.05) is 11.3 Å². The van der Waals surface area contributed by atoms with E-state index >= 15 is 0 Å². The molecule has 2 atom stereocenters. The number of nitrogens with one attached hydrogen (secondary N) is 1. The molecule has 3 amide bonds. The SMILES string of the molecule is CON=C(C(=O)N[C@@H]1C(=O)N2C(C(=O)[O-])=C(COC(N)=O)CS[C@@H]12)c1ccco1.[Na+]. The van der Waals surface area contributed by atoms with E-state index in [1.54, 1.807) is 6.07 Å². The standard InChI is InChI=1S/C16H16N4O8S.Na/c1-26-19-9(8-3-2-4-27-8)12(21)18-10-13(22)20-11(15(23)24)7(5-28-16(17)25)6-29-14(10)20;/h2-4,10,14H,5-6H2,1H3,(H2,17,25)(H,18,21)(H,23,24);/q;+1/p-1/t10-,14+;/m1./s1. The predicted molar refractivity (Wildman–Crippen MR) is 94.8 cm³/mol. The van der Waals surface area contributed by atoms with Gasteiger partial charge in [0.2, 0.25) is 5.71 Å². The third kappa shape index (κ3) is 4.64. The van der Waals surface area contributed by atoms with E-state index in [4.69, 9.17) is 10.2 Å². The van der Waals surface area contributed by atoms with Crippen LogP contribution in [0.4, 0.5) is 4.79 Å². The molecule has 0 aromatic carbocycles. The Kier molecular flexibility index (Phi) is 7.95. The van der Waals surface area contributed by atoms with Crippen LogP contribution in [0.25, 0.3) is 0 Å². The number of aliphatic carboxylic acids is 1. The van der Waals surface area contributed by atoms with Crippen molar-refractivity contribution in [2.45, 2.75) is 11.4 Å². The maximum absolute atomic E-state index is 12.5. The van der Waals surface area contributed by atoms with Crippen LogP contribution >= 0.6 is 11.8 Å². The summed E-state index contributed by atoms with van der Waals surface area (Å²) >= 11 is 1.18. The topological polar surface area (TPSA) is 177 Å². The largest absolute Gasteiger partial charge is 1.00 e. The summed E-state index contributed by atoms with van der Waals surface area (Å²) in [6.07, 6.45) is 0.262. The van der Waals surface area contributed by atoms with Crippen LogP contribution in [-0.2, 0) is 24.0 Å². The number of hydrogen-bond donors (Lipinski definition) is 2. The zero-order chi connectivity index (χ0) is 21.1. The van der Waals surface area contributed by atoms with Crippen molar-refractivity contribution >= 4 is 41.4 Å². The first kappa shape index (κ1) is 23.8. The Morgan fingerprint density at radius 2 is 2.20 bits per heavy atom. The second-order valence-electron chi connectivity index (χ2n) is 5.81. The summed E-state index contributed by atoms with van der Waals surface area (Å²) in [5.41, 5.74) is 4.48. The summed E-state index contributed by atoms with van der Waals surface area (Å²) in [5, 5.41) is 17.0. The first-order chi connectivity index (χ1) is 13.8. The number of primary amides is 1. The number of nitrogens with two attached hydrogens (primary N) is 1. The third-order valence-electron chi connectivity index (χ3n) is 4.07. The van der Waals surface area contributed by atoms with Gasteiger partial charge in [-0.25, -0.2) is 4.79 Å². The summed E-state index contributed by atoms with van der Waals surface area (Å²) in [6.45, 7) is -0.387. The molecule has 154 valence electrons. The van der Waals surface area contributed by atoms with E-state index in [1.165, 1.54) is 31.2 Å². The summed E-state index contributed by atoms with van der Waals surface area (Å²) in [7, 11) is 1.25. The van der Waals surface area contributed by atoms with E-state index in [-0.39, 0.29) is 59.0 Å². The van der Waals surface area contributed by atoms with Crippen LogP contribution in [0.15, 0.2) is 39.2 Å². The molecule has 0 unspecified atom stereocenters. The number of amides is 3. The molecule has 14 heteroatoms. The molecule has 1 aromatic heterocycles. The van der Waals surface area contributed by atoms with Gasteiger partial charge in [-0.15, -0.1) is 11.8 Å². The van der Waals surface area contributed by atoms with Crippen molar-refractivity contribution in [1.82, 2.24) is 10.2 Å². The predicted octanol–water partition coefficient (Wildman–Crippen LogP) is -4.87. The number of carboxylic acids is 1. The molecule has 0 saturated carbocycles. The molecule has 0 radical (unpaired) electrons. The fourth-order valence-corrected chi connectivity index (χ4v) is 4.18. The van der Waals surface area contributed by atoms with Crippen molar-refractivity contribution in [2.75, 3.05) is 19.5 Å². The number of ether oxygens (including phenoxy) is 1. The molecular formula is C16H15N4NaO8S. The van der Waals surface area contributed by atoms with Gasteiger partial charge < -0.3 is 34.9 Å². The Morgan fingerprint density at radius 3 is 2.77 bits per heavy atom. The summed E-state index contributed by atoms with van der Waals surface area (Å²) in [5.74, 6) is -2.74. The van der Waals surface area contributed by atoms with E-state index in [9.17, 15) is 24.3 Å². The average Bonchev–Trinajstić information content (AvgIpc) is 3.21. The van der Waals surface area contributed by atoms with Crippen LogP contribution in [0.3, 0.4) is 0 Å². The first-order valence-electron chi connectivity index (χ1n) is 8.11. The van der Waals surface area contributed by atoms with Gasteiger partial charge in [-0.05, 0) is 12.1 Å². The number of hydrogen-bond acceptors (Lipinski definition) is 10. The monoisotopic (exact) mass is 446 g/mol. The van der Waals surface area contributed by atoms with Gasteiger partial charge in [-0.1, -0.05) is 5.16 Å². The molecule has 2 aliphatic rings. The number of furan rings is 1. The van der Waals surface area contributed by atoms with Gasteiger partial charge in [0.05, 0.1) is 17.9 Å².